The summed E-state index contributed by atoms with van der Waals surface area (Å²) in [6, 6.07) is 8.22. The zero-order valence-electron chi connectivity index (χ0n) is 9.13. The van der Waals surface area contributed by atoms with E-state index in [2.05, 4.69) is 9.97 Å². The molecule has 2 aromatic rings. The first-order chi connectivity index (χ1) is 8.24. The molecule has 0 bridgehead atoms. The second kappa shape index (κ2) is 4.58. The normalized spacial score (nSPS) is 9.71. The molecule has 0 aliphatic carbocycles. The lowest BCUT2D eigenvalue weighted by molar-refractivity contribution is 0.627. The number of rotatable bonds is 2. The monoisotopic (exact) mass is 228 g/mol. The van der Waals surface area contributed by atoms with Crippen molar-refractivity contribution >= 4 is 11.5 Å². The molecule has 0 amide bonds. The van der Waals surface area contributed by atoms with E-state index < -0.39 is 0 Å². The maximum atomic E-state index is 13.6. The van der Waals surface area contributed by atoms with Crippen molar-refractivity contribution < 1.29 is 4.39 Å². The van der Waals surface area contributed by atoms with Gasteiger partial charge < -0.3 is 4.90 Å². The zero-order valence-corrected chi connectivity index (χ0v) is 9.13. The van der Waals surface area contributed by atoms with Crippen LogP contribution in [0.3, 0.4) is 0 Å². The molecule has 1 heterocycles. The SMILES string of the molecule is CN(c1ccccc1F)c1nccnc1C#N. The summed E-state index contributed by atoms with van der Waals surface area (Å²) in [6.07, 6.45) is 2.89. The van der Waals surface area contributed by atoms with Crippen LogP contribution >= 0.6 is 0 Å². The third-order valence-corrected chi connectivity index (χ3v) is 2.32. The molecule has 0 aliphatic heterocycles. The van der Waals surface area contributed by atoms with Gasteiger partial charge in [-0.25, -0.2) is 14.4 Å². The van der Waals surface area contributed by atoms with Gasteiger partial charge in [-0.2, -0.15) is 5.26 Å². The Morgan fingerprint density at radius 3 is 2.65 bits per heavy atom. The number of nitrogens with zero attached hydrogens (tertiary/aromatic N) is 4. The second-order valence-corrected chi connectivity index (χ2v) is 3.35. The third kappa shape index (κ3) is 2.06. The van der Waals surface area contributed by atoms with Crippen molar-refractivity contribution in [2.45, 2.75) is 0 Å². The van der Waals surface area contributed by atoms with Gasteiger partial charge in [0.05, 0.1) is 5.69 Å². The van der Waals surface area contributed by atoms with Gasteiger partial charge in [0.2, 0.25) is 0 Å². The number of nitriles is 1. The van der Waals surface area contributed by atoms with E-state index in [0.29, 0.717) is 11.5 Å². The van der Waals surface area contributed by atoms with Crippen molar-refractivity contribution in [3.8, 4) is 6.07 Å². The molecule has 0 N–H and O–H groups in total. The van der Waals surface area contributed by atoms with Gasteiger partial charge in [0.15, 0.2) is 11.5 Å². The summed E-state index contributed by atoms with van der Waals surface area (Å²) in [6.45, 7) is 0. The van der Waals surface area contributed by atoms with Crippen LogP contribution in [-0.2, 0) is 0 Å². The molecule has 5 heteroatoms. The van der Waals surface area contributed by atoms with Gasteiger partial charge in [-0.1, -0.05) is 12.1 Å². The Morgan fingerprint density at radius 1 is 1.24 bits per heavy atom. The molecule has 0 aliphatic rings. The van der Waals surface area contributed by atoms with E-state index in [-0.39, 0.29) is 11.5 Å². The highest BCUT2D eigenvalue weighted by Crippen LogP contribution is 2.25. The molecule has 84 valence electrons. The van der Waals surface area contributed by atoms with E-state index in [1.165, 1.54) is 23.4 Å². The molecule has 0 spiro atoms. The lowest BCUT2D eigenvalue weighted by Gasteiger charge is -2.18. The smallest absolute Gasteiger partial charge is 0.183 e. The number of para-hydroxylation sites is 1. The highest BCUT2D eigenvalue weighted by atomic mass is 19.1. The molecule has 1 aromatic carbocycles. The Labute approximate surface area is 98.0 Å². The molecule has 0 saturated carbocycles. The Hall–Kier alpha value is -2.48. The maximum absolute atomic E-state index is 13.6. The van der Waals surface area contributed by atoms with Crippen LogP contribution in [0.15, 0.2) is 36.7 Å². The number of hydrogen-bond donors (Lipinski definition) is 0. The number of benzene rings is 1. The maximum Gasteiger partial charge on any atom is 0.183 e. The highest BCUT2D eigenvalue weighted by molar-refractivity contribution is 5.63. The fraction of sp³-hybridized carbons (Fsp3) is 0.0833. The molecule has 0 unspecified atom stereocenters. The van der Waals surface area contributed by atoms with Gasteiger partial charge in [-0.15, -0.1) is 0 Å². The Kier molecular flexibility index (Phi) is 2.97. The molecule has 0 radical (unpaired) electrons. The predicted octanol–water partition coefficient (Wildman–Crippen LogP) is 2.26. The van der Waals surface area contributed by atoms with Crippen LogP contribution < -0.4 is 4.90 Å². The minimum atomic E-state index is -0.371. The lowest BCUT2D eigenvalue weighted by Crippen LogP contribution is -2.14. The predicted molar refractivity (Wildman–Crippen MR) is 61.2 cm³/mol. The van der Waals surface area contributed by atoms with Crippen LogP contribution in [0.4, 0.5) is 15.9 Å². The topological polar surface area (TPSA) is 52.8 Å². The first-order valence-electron chi connectivity index (χ1n) is 4.93. The van der Waals surface area contributed by atoms with E-state index in [1.807, 2.05) is 6.07 Å². The fourth-order valence-corrected chi connectivity index (χ4v) is 1.49. The minimum Gasteiger partial charge on any atom is -0.325 e. The van der Waals surface area contributed by atoms with Crippen LogP contribution in [0, 0.1) is 17.1 Å². The van der Waals surface area contributed by atoms with Crippen molar-refractivity contribution in [2.24, 2.45) is 0 Å². The first kappa shape index (κ1) is 11.0. The van der Waals surface area contributed by atoms with Gasteiger partial charge >= 0.3 is 0 Å². The molecular weight excluding hydrogens is 219 g/mol. The molecule has 17 heavy (non-hydrogen) atoms. The molecule has 0 atom stereocenters. The average molecular weight is 228 g/mol. The van der Waals surface area contributed by atoms with Crippen molar-refractivity contribution in [3.63, 3.8) is 0 Å². The van der Waals surface area contributed by atoms with E-state index >= 15 is 0 Å². The largest absolute Gasteiger partial charge is 0.325 e. The molecule has 4 nitrogen and oxygen atoms in total. The molecular formula is C12H9FN4. The van der Waals surface area contributed by atoms with Gasteiger partial charge in [-0.3, -0.25) is 0 Å². The third-order valence-electron chi connectivity index (χ3n) is 2.32. The van der Waals surface area contributed by atoms with Crippen LogP contribution in [0.25, 0.3) is 0 Å². The van der Waals surface area contributed by atoms with Gasteiger partial charge in [0.25, 0.3) is 0 Å². The second-order valence-electron chi connectivity index (χ2n) is 3.35. The lowest BCUT2D eigenvalue weighted by atomic mass is 10.2. The van der Waals surface area contributed by atoms with Gasteiger partial charge in [0, 0.05) is 19.4 Å². The summed E-state index contributed by atoms with van der Waals surface area (Å²) in [7, 11) is 1.64. The average Bonchev–Trinajstić information content (AvgIpc) is 2.38. The minimum absolute atomic E-state index is 0.165. The van der Waals surface area contributed by atoms with E-state index in [1.54, 1.807) is 25.2 Å². The summed E-state index contributed by atoms with van der Waals surface area (Å²) < 4.78 is 13.6. The van der Waals surface area contributed by atoms with E-state index in [0.717, 1.165) is 0 Å². The standard InChI is InChI=1S/C12H9FN4/c1-17(11-5-3-2-4-9(11)13)12-10(8-14)15-6-7-16-12/h2-7H,1H3. The van der Waals surface area contributed by atoms with E-state index in [9.17, 15) is 4.39 Å². The fourth-order valence-electron chi connectivity index (χ4n) is 1.49. The quantitative estimate of drug-likeness (QED) is 0.791. The van der Waals surface area contributed by atoms with Crippen molar-refractivity contribution in [1.29, 1.82) is 5.26 Å². The molecule has 1 aromatic heterocycles. The summed E-state index contributed by atoms with van der Waals surface area (Å²) in [5.41, 5.74) is 0.516. The van der Waals surface area contributed by atoms with Crippen molar-refractivity contribution in [2.75, 3.05) is 11.9 Å². The van der Waals surface area contributed by atoms with Gasteiger partial charge in [0.1, 0.15) is 11.9 Å². The molecule has 2 rings (SSSR count). The number of halogens is 1. The summed E-state index contributed by atoms with van der Waals surface area (Å²) in [5.74, 6) is -0.0374. The van der Waals surface area contributed by atoms with Crippen LogP contribution in [0.5, 0.6) is 0 Å². The van der Waals surface area contributed by atoms with E-state index in [4.69, 9.17) is 5.26 Å². The molecule has 0 fully saturated rings. The Morgan fingerprint density at radius 2 is 1.94 bits per heavy atom. The van der Waals surface area contributed by atoms with Crippen LogP contribution in [-0.4, -0.2) is 17.0 Å². The van der Waals surface area contributed by atoms with Crippen molar-refractivity contribution in [3.05, 3.63) is 48.2 Å². The number of hydrogen-bond acceptors (Lipinski definition) is 4. The van der Waals surface area contributed by atoms with Gasteiger partial charge in [-0.05, 0) is 12.1 Å². The Balaban J connectivity index is 2.48. The summed E-state index contributed by atoms with van der Waals surface area (Å²) >= 11 is 0. The van der Waals surface area contributed by atoms with Crippen LogP contribution in [0.1, 0.15) is 5.69 Å². The highest BCUT2D eigenvalue weighted by Gasteiger charge is 2.14. The summed E-state index contributed by atoms with van der Waals surface area (Å²) in [4.78, 5) is 9.43. The first-order valence-corrected chi connectivity index (χ1v) is 4.93. The number of aromatic nitrogens is 2. The number of anilines is 2. The van der Waals surface area contributed by atoms with Crippen molar-refractivity contribution in [1.82, 2.24) is 9.97 Å². The summed E-state index contributed by atoms with van der Waals surface area (Å²) in [5, 5.41) is 8.91. The Bertz CT molecular complexity index is 577. The zero-order chi connectivity index (χ0) is 12.3. The van der Waals surface area contributed by atoms with Crippen LogP contribution in [0.2, 0.25) is 0 Å². The molecule has 0 saturated heterocycles.